The smallest absolute Gasteiger partial charge is 0.330 e. The van der Waals surface area contributed by atoms with Gasteiger partial charge in [0.1, 0.15) is 5.60 Å². The molecule has 1 atom stereocenters. The summed E-state index contributed by atoms with van der Waals surface area (Å²) in [5, 5.41) is 9.84. The van der Waals surface area contributed by atoms with Gasteiger partial charge in [0.15, 0.2) is 0 Å². The van der Waals surface area contributed by atoms with Crippen LogP contribution in [0.3, 0.4) is 0 Å². The SMILES string of the molecule is C=CC(=O)OCCC1(O)C=CC=NC1. The minimum Gasteiger partial charge on any atom is -0.462 e. The van der Waals surface area contributed by atoms with E-state index in [2.05, 4.69) is 11.6 Å². The summed E-state index contributed by atoms with van der Waals surface area (Å²) in [5.74, 6) is -0.475. The molecule has 4 nitrogen and oxygen atoms in total. The lowest BCUT2D eigenvalue weighted by molar-refractivity contribution is -0.138. The number of ether oxygens (including phenoxy) is 1. The second-order valence-corrected chi connectivity index (χ2v) is 3.07. The Labute approximate surface area is 82.6 Å². The van der Waals surface area contributed by atoms with Gasteiger partial charge < -0.3 is 9.84 Å². The van der Waals surface area contributed by atoms with E-state index in [0.29, 0.717) is 13.0 Å². The molecule has 76 valence electrons. The molecule has 14 heavy (non-hydrogen) atoms. The monoisotopic (exact) mass is 195 g/mol. The summed E-state index contributed by atoms with van der Waals surface area (Å²) in [6, 6.07) is 0. The predicted octanol–water partition coefficient (Wildman–Crippen LogP) is 0.477. The second-order valence-electron chi connectivity index (χ2n) is 3.07. The normalized spacial score (nSPS) is 24.6. The Morgan fingerprint density at radius 1 is 1.79 bits per heavy atom. The van der Waals surface area contributed by atoms with E-state index in [4.69, 9.17) is 4.74 Å². The third-order valence-corrected chi connectivity index (χ3v) is 1.91. The number of dihydropyridines is 1. The van der Waals surface area contributed by atoms with Crippen LogP contribution in [0.1, 0.15) is 6.42 Å². The fraction of sp³-hybridized carbons (Fsp3) is 0.400. The van der Waals surface area contributed by atoms with E-state index in [1.54, 1.807) is 18.4 Å². The molecule has 0 aliphatic carbocycles. The van der Waals surface area contributed by atoms with Crippen LogP contribution < -0.4 is 0 Å². The molecular weight excluding hydrogens is 182 g/mol. The van der Waals surface area contributed by atoms with Crippen LogP contribution in [0.15, 0.2) is 29.8 Å². The number of hydrogen-bond acceptors (Lipinski definition) is 4. The lowest BCUT2D eigenvalue weighted by Crippen LogP contribution is -2.33. The Bertz CT molecular complexity index is 283. The molecule has 0 fully saturated rings. The highest BCUT2D eigenvalue weighted by molar-refractivity contribution is 5.81. The molecule has 0 aromatic carbocycles. The number of carbonyl (C=O) groups excluding carboxylic acids is 1. The first-order chi connectivity index (χ1) is 6.66. The highest BCUT2D eigenvalue weighted by Crippen LogP contribution is 2.15. The zero-order valence-corrected chi connectivity index (χ0v) is 7.85. The van der Waals surface area contributed by atoms with Gasteiger partial charge in [-0.3, -0.25) is 4.99 Å². The van der Waals surface area contributed by atoms with Crippen molar-refractivity contribution < 1.29 is 14.6 Å². The molecule has 1 aliphatic heterocycles. The van der Waals surface area contributed by atoms with Crippen LogP contribution in [-0.4, -0.2) is 36.0 Å². The van der Waals surface area contributed by atoms with Crippen molar-refractivity contribution in [2.75, 3.05) is 13.2 Å². The van der Waals surface area contributed by atoms with Crippen LogP contribution in [0.5, 0.6) is 0 Å². The van der Waals surface area contributed by atoms with Gasteiger partial charge in [-0.05, 0) is 12.2 Å². The molecule has 1 aliphatic rings. The summed E-state index contributed by atoms with van der Waals surface area (Å²) in [6.45, 7) is 3.75. The summed E-state index contributed by atoms with van der Waals surface area (Å²) in [4.78, 5) is 14.6. The molecule has 1 N–H and O–H groups in total. The topological polar surface area (TPSA) is 58.9 Å². The average molecular weight is 195 g/mol. The van der Waals surface area contributed by atoms with Crippen LogP contribution in [0.2, 0.25) is 0 Å². The zero-order chi connectivity index (χ0) is 10.4. The van der Waals surface area contributed by atoms with Crippen molar-refractivity contribution >= 4 is 12.2 Å². The number of aliphatic imine (C=N–C) groups is 1. The van der Waals surface area contributed by atoms with Gasteiger partial charge in [0.2, 0.25) is 0 Å². The summed E-state index contributed by atoms with van der Waals surface area (Å²) in [7, 11) is 0. The molecule has 4 heteroatoms. The molecule has 0 saturated carbocycles. The quantitative estimate of drug-likeness (QED) is 0.524. The summed E-state index contributed by atoms with van der Waals surface area (Å²) >= 11 is 0. The Balaban J connectivity index is 2.30. The van der Waals surface area contributed by atoms with Crippen molar-refractivity contribution in [3.63, 3.8) is 0 Å². The van der Waals surface area contributed by atoms with Crippen molar-refractivity contribution in [3.8, 4) is 0 Å². The van der Waals surface area contributed by atoms with E-state index in [1.807, 2.05) is 0 Å². The van der Waals surface area contributed by atoms with Gasteiger partial charge in [0.25, 0.3) is 0 Å². The average Bonchev–Trinajstić information content (AvgIpc) is 2.18. The number of allylic oxidation sites excluding steroid dienone is 1. The minimum atomic E-state index is -0.976. The third-order valence-electron chi connectivity index (χ3n) is 1.91. The van der Waals surface area contributed by atoms with Gasteiger partial charge >= 0.3 is 5.97 Å². The summed E-state index contributed by atoms with van der Waals surface area (Å²) in [6.07, 6.45) is 6.41. The number of rotatable bonds is 4. The van der Waals surface area contributed by atoms with Gasteiger partial charge in [-0.25, -0.2) is 4.79 Å². The molecule has 1 unspecified atom stereocenters. The van der Waals surface area contributed by atoms with Crippen LogP contribution in [0, 0.1) is 0 Å². The zero-order valence-electron chi connectivity index (χ0n) is 7.85. The van der Waals surface area contributed by atoms with Crippen LogP contribution in [-0.2, 0) is 9.53 Å². The van der Waals surface area contributed by atoms with Gasteiger partial charge in [-0.2, -0.15) is 0 Å². The molecule has 0 radical (unpaired) electrons. The molecule has 0 saturated heterocycles. The second kappa shape index (κ2) is 4.72. The first-order valence-corrected chi connectivity index (χ1v) is 4.35. The third kappa shape index (κ3) is 3.14. The number of hydrogen-bond donors (Lipinski definition) is 1. The molecular formula is C10H13NO3. The van der Waals surface area contributed by atoms with E-state index in [-0.39, 0.29) is 6.61 Å². The van der Waals surface area contributed by atoms with Crippen LogP contribution >= 0.6 is 0 Å². The molecule has 0 aromatic rings. The first-order valence-electron chi connectivity index (χ1n) is 4.35. The molecule has 0 amide bonds. The van der Waals surface area contributed by atoms with Crippen molar-refractivity contribution in [2.24, 2.45) is 4.99 Å². The minimum absolute atomic E-state index is 0.168. The molecule has 0 aromatic heterocycles. The highest BCUT2D eigenvalue weighted by atomic mass is 16.5. The van der Waals surface area contributed by atoms with Crippen molar-refractivity contribution in [1.29, 1.82) is 0 Å². The van der Waals surface area contributed by atoms with Gasteiger partial charge in [-0.15, -0.1) is 0 Å². The van der Waals surface area contributed by atoms with E-state index in [9.17, 15) is 9.90 Å². The van der Waals surface area contributed by atoms with Gasteiger partial charge in [0, 0.05) is 18.7 Å². The van der Waals surface area contributed by atoms with Crippen molar-refractivity contribution in [1.82, 2.24) is 0 Å². The van der Waals surface area contributed by atoms with Crippen molar-refractivity contribution in [3.05, 3.63) is 24.8 Å². The van der Waals surface area contributed by atoms with E-state index in [0.717, 1.165) is 6.08 Å². The maximum Gasteiger partial charge on any atom is 0.330 e. The Hall–Kier alpha value is -1.42. The predicted molar refractivity (Wildman–Crippen MR) is 53.2 cm³/mol. The van der Waals surface area contributed by atoms with E-state index in [1.165, 1.54) is 0 Å². The molecule has 1 heterocycles. The first kappa shape index (κ1) is 10.7. The lowest BCUT2D eigenvalue weighted by Gasteiger charge is -2.23. The van der Waals surface area contributed by atoms with Crippen LogP contribution in [0.25, 0.3) is 0 Å². The van der Waals surface area contributed by atoms with Crippen molar-refractivity contribution in [2.45, 2.75) is 12.0 Å². The van der Waals surface area contributed by atoms with Gasteiger partial charge in [0.05, 0.1) is 13.2 Å². The Morgan fingerprint density at radius 2 is 2.57 bits per heavy atom. The standard InChI is InChI=1S/C10H13NO3/c1-2-9(12)14-7-5-10(13)4-3-6-11-8-10/h2-4,6,13H,1,5,7-8H2. The van der Waals surface area contributed by atoms with Crippen LogP contribution in [0.4, 0.5) is 0 Å². The number of carbonyl (C=O) groups is 1. The molecule has 1 rings (SSSR count). The number of aliphatic hydroxyl groups is 1. The fourth-order valence-corrected chi connectivity index (χ4v) is 1.10. The Kier molecular flexibility index (Phi) is 3.59. The highest BCUT2D eigenvalue weighted by Gasteiger charge is 2.24. The largest absolute Gasteiger partial charge is 0.462 e. The van der Waals surface area contributed by atoms with E-state index >= 15 is 0 Å². The summed E-state index contributed by atoms with van der Waals surface area (Å²) < 4.78 is 4.76. The fourth-order valence-electron chi connectivity index (χ4n) is 1.10. The maximum atomic E-state index is 10.7. The lowest BCUT2D eigenvalue weighted by atomic mass is 9.98. The summed E-state index contributed by atoms with van der Waals surface area (Å²) in [5.41, 5.74) is -0.976. The number of nitrogens with zero attached hydrogens (tertiary/aromatic N) is 1. The number of esters is 1. The maximum absolute atomic E-state index is 10.7. The van der Waals surface area contributed by atoms with Gasteiger partial charge in [-0.1, -0.05) is 6.58 Å². The molecule has 0 bridgehead atoms. The van der Waals surface area contributed by atoms with E-state index < -0.39 is 11.6 Å². The Morgan fingerprint density at radius 3 is 3.14 bits per heavy atom. The molecule has 0 spiro atoms.